The molecule has 1 aromatic carbocycles. The molecule has 1 aromatic rings. The third-order valence-corrected chi connectivity index (χ3v) is 7.22. The Bertz CT molecular complexity index is 763. The standard InChI is InChI=1S/C21H28N2O4/c1-14(17-4-3-5-18(7-17)23(26)27)22(2)19(24)12-20-8-15-6-16(9-20)11-21(25,10-15)13-20/h3-5,7,14-16,25H,6,8-13H2,1-2H3/t14-,15-,16+,20?,21?/m1/s1. The van der Waals surface area contributed by atoms with Crippen molar-refractivity contribution in [1.29, 1.82) is 0 Å². The van der Waals surface area contributed by atoms with Gasteiger partial charge in [0.05, 0.1) is 16.6 Å². The van der Waals surface area contributed by atoms with Gasteiger partial charge in [-0.2, -0.15) is 0 Å². The molecule has 0 aromatic heterocycles. The fourth-order valence-corrected chi connectivity index (χ4v) is 6.39. The number of hydrogen-bond acceptors (Lipinski definition) is 4. The smallest absolute Gasteiger partial charge is 0.269 e. The summed E-state index contributed by atoms with van der Waals surface area (Å²) < 4.78 is 0. The quantitative estimate of drug-likeness (QED) is 0.629. The van der Waals surface area contributed by atoms with Gasteiger partial charge in [-0.1, -0.05) is 12.1 Å². The highest BCUT2D eigenvalue weighted by Gasteiger charge is 2.57. The molecule has 0 radical (unpaired) electrons. The van der Waals surface area contributed by atoms with Crippen molar-refractivity contribution in [3.8, 4) is 0 Å². The normalized spacial score (nSPS) is 35.1. The summed E-state index contributed by atoms with van der Waals surface area (Å²) in [5, 5.41) is 21.9. The van der Waals surface area contributed by atoms with Gasteiger partial charge in [0.15, 0.2) is 0 Å². The molecule has 5 rings (SSSR count). The first kappa shape index (κ1) is 18.4. The molecule has 4 saturated carbocycles. The van der Waals surface area contributed by atoms with Crippen LogP contribution in [0.5, 0.6) is 0 Å². The van der Waals surface area contributed by atoms with Crippen LogP contribution in [0.1, 0.15) is 63.5 Å². The lowest BCUT2D eigenvalue weighted by Gasteiger charge is -2.60. The molecule has 4 fully saturated rings. The van der Waals surface area contributed by atoms with E-state index in [0.717, 1.165) is 37.7 Å². The lowest BCUT2D eigenvalue weighted by Crippen LogP contribution is -2.56. The maximum absolute atomic E-state index is 13.1. The minimum absolute atomic E-state index is 0.0449. The highest BCUT2D eigenvalue weighted by Crippen LogP contribution is 2.63. The molecule has 4 aliphatic carbocycles. The largest absolute Gasteiger partial charge is 0.390 e. The van der Waals surface area contributed by atoms with Crippen LogP contribution in [0.2, 0.25) is 0 Å². The Morgan fingerprint density at radius 1 is 1.33 bits per heavy atom. The number of carbonyl (C=O) groups excluding carboxylic acids is 1. The van der Waals surface area contributed by atoms with Crippen LogP contribution in [-0.2, 0) is 4.79 Å². The maximum atomic E-state index is 13.1. The highest BCUT2D eigenvalue weighted by atomic mass is 16.6. The highest BCUT2D eigenvalue weighted by molar-refractivity contribution is 5.77. The summed E-state index contributed by atoms with van der Waals surface area (Å²) in [6.45, 7) is 1.91. The Balaban J connectivity index is 1.48. The lowest BCUT2D eigenvalue weighted by atomic mass is 9.47. The van der Waals surface area contributed by atoms with Gasteiger partial charge in [0.25, 0.3) is 5.69 Å². The summed E-state index contributed by atoms with van der Waals surface area (Å²) >= 11 is 0. The van der Waals surface area contributed by atoms with Gasteiger partial charge in [-0.05, 0) is 68.3 Å². The molecule has 6 heteroatoms. The molecule has 1 amide bonds. The molecule has 4 aliphatic rings. The molecule has 0 spiro atoms. The zero-order valence-corrected chi connectivity index (χ0v) is 16.1. The molecule has 4 bridgehead atoms. The van der Waals surface area contributed by atoms with Gasteiger partial charge >= 0.3 is 0 Å². The fourth-order valence-electron chi connectivity index (χ4n) is 6.39. The number of benzene rings is 1. The van der Waals surface area contributed by atoms with Crippen LogP contribution in [0.3, 0.4) is 0 Å². The summed E-state index contributed by atoms with van der Waals surface area (Å²) in [4.78, 5) is 25.4. The molecule has 6 nitrogen and oxygen atoms in total. The predicted molar refractivity (Wildman–Crippen MR) is 101 cm³/mol. The third-order valence-electron chi connectivity index (χ3n) is 7.22. The topological polar surface area (TPSA) is 83.7 Å². The first-order valence-corrected chi connectivity index (χ1v) is 9.91. The first-order chi connectivity index (χ1) is 12.7. The van der Waals surface area contributed by atoms with Crippen molar-refractivity contribution < 1.29 is 14.8 Å². The van der Waals surface area contributed by atoms with E-state index < -0.39 is 10.5 Å². The van der Waals surface area contributed by atoms with Crippen LogP contribution in [0.4, 0.5) is 5.69 Å². The maximum Gasteiger partial charge on any atom is 0.269 e. The molecule has 5 atom stereocenters. The van der Waals surface area contributed by atoms with Crippen LogP contribution >= 0.6 is 0 Å². The SMILES string of the molecule is C[C@H](c1cccc([N+](=O)[O-])c1)N(C)C(=O)CC12C[C@@H]3C[C@@H](CC(O)(C3)C1)C2. The number of aliphatic hydroxyl groups is 1. The molecule has 0 saturated heterocycles. The first-order valence-electron chi connectivity index (χ1n) is 9.91. The van der Waals surface area contributed by atoms with Crippen molar-refractivity contribution in [3.63, 3.8) is 0 Å². The lowest BCUT2D eigenvalue weighted by molar-refractivity contribution is -0.384. The summed E-state index contributed by atoms with van der Waals surface area (Å²) in [7, 11) is 1.78. The van der Waals surface area contributed by atoms with Crippen molar-refractivity contribution in [2.45, 2.75) is 63.5 Å². The minimum atomic E-state index is -0.561. The number of nitrogens with zero attached hydrogens (tertiary/aromatic N) is 2. The molecular formula is C21H28N2O4. The average Bonchev–Trinajstić information content (AvgIpc) is 2.57. The number of carbonyl (C=O) groups is 1. The second-order valence-corrected chi connectivity index (χ2v) is 9.39. The number of non-ortho nitro benzene ring substituents is 1. The Hall–Kier alpha value is -1.95. The van der Waals surface area contributed by atoms with Gasteiger partial charge in [-0.15, -0.1) is 0 Å². The van der Waals surface area contributed by atoms with E-state index >= 15 is 0 Å². The Labute approximate surface area is 159 Å². The summed E-state index contributed by atoms with van der Waals surface area (Å²) in [6, 6.07) is 6.27. The molecule has 0 aliphatic heterocycles. The number of nitro benzene ring substituents is 1. The number of nitro groups is 1. The van der Waals surface area contributed by atoms with Crippen molar-refractivity contribution in [1.82, 2.24) is 4.90 Å². The van der Waals surface area contributed by atoms with Gasteiger partial charge < -0.3 is 10.0 Å². The number of hydrogen-bond donors (Lipinski definition) is 1. The van der Waals surface area contributed by atoms with E-state index in [0.29, 0.717) is 18.3 Å². The van der Waals surface area contributed by atoms with E-state index in [1.54, 1.807) is 24.1 Å². The molecule has 27 heavy (non-hydrogen) atoms. The van der Waals surface area contributed by atoms with E-state index in [1.165, 1.54) is 12.5 Å². The fraction of sp³-hybridized carbons (Fsp3) is 0.667. The van der Waals surface area contributed by atoms with Crippen LogP contribution < -0.4 is 0 Å². The zero-order valence-electron chi connectivity index (χ0n) is 16.1. The summed E-state index contributed by atoms with van der Waals surface area (Å²) in [5.41, 5.74) is 0.189. The van der Waals surface area contributed by atoms with E-state index in [1.807, 2.05) is 13.0 Å². The second kappa shape index (κ2) is 6.30. The minimum Gasteiger partial charge on any atom is -0.390 e. The van der Waals surface area contributed by atoms with E-state index in [4.69, 9.17) is 0 Å². The van der Waals surface area contributed by atoms with E-state index in [9.17, 15) is 20.0 Å². The Kier molecular flexibility index (Phi) is 4.29. The Morgan fingerprint density at radius 3 is 2.59 bits per heavy atom. The van der Waals surface area contributed by atoms with Gasteiger partial charge in [0.2, 0.25) is 5.91 Å². The van der Waals surface area contributed by atoms with Crippen LogP contribution in [0.15, 0.2) is 24.3 Å². The van der Waals surface area contributed by atoms with E-state index in [-0.39, 0.29) is 23.1 Å². The van der Waals surface area contributed by atoms with Crippen molar-refractivity contribution in [2.75, 3.05) is 7.05 Å². The summed E-state index contributed by atoms with van der Waals surface area (Å²) in [5.74, 6) is 1.19. The van der Waals surface area contributed by atoms with Gasteiger partial charge in [-0.3, -0.25) is 14.9 Å². The number of rotatable bonds is 5. The van der Waals surface area contributed by atoms with Gasteiger partial charge in [0, 0.05) is 25.6 Å². The van der Waals surface area contributed by atoms with Crippen LogP contribution in [-0.4, -0.2) is 33.5 Å². The monoisotopic (exact) mass is 372 g/mol. The summed E-state index contributed by atoms with van der Waals surface area (Å²) in [6.07, 6.45) is 6.33. The van der Waals surface area contributed by atoms with Crippen LogP contribution in [0, 0.1) is 27.4 Å². The van der Waals surface area contributed by atoms with Crippen LogP contribution in [0.25, 0.3) is 0 Å². The molecule has 0 heterocycles. The third kappa shape index (κ3) is 3.35. The molecular weight excluding hydrogens is 344 g/mol. The zero-order chi connectivity index (χ0) is 19.4. The van der Waals surface area contributed by atoms with Gasteiger partial charge in [-0.25, -0.2) is 0 Å². The van der Waals surface area contributed by atoms with E-state index in [2.05, 4.69) is 0 Å². The van der Waals surface area contributed by atoms with Gasteiger partial charge in [0.1, 0.15) is 0 Å². The van der Waals surface area contributed by atoms with Crippen molar-refractivity contribution in [3.05, 3.63) is 39.9 Å². The molecule has 2 unspecified atom stereocenters. The molecule has 146 valence electrons. The average molecular weight is 372 g/mol. The second-order valence-electron chi connectivity index (χ2n) is 9.39. The molecule has 1 N–H and O–H groups in total. The predicted octanol–water partition coefficient (Wildman–Crippen LogP) is 3.84. The Morgan fingerprint density at radius 2 is 2.00 bits per heavy atom. The number of amides is 1. The van der Waals surface area contributed by atoms with Crippen molar-refractivity contribution >= 4 is 11.6 Å². The van der Waals surface area contributed by atoms with Crippen molar-refractivity contribution in [2.24, 2.45) is 17.3 Å².